The summed E-state index contributed by atoms with van der Waals surface area (Å²) in [4.78, 5) is 0. The Balaban J connectivity index is 1.07. The Kier molecular flexibility index (Phi) is 5.33. The maximum absolute atomic E-state index is 2.81. The van der Waals surface area contributed by atoms with Crippen LogP contribution in [-0.2, 0) is 0 Å². The summed E-state index contributed by atoms with van der Waals surface area (Å²) in [5.41, 5.74) is 3.96. The van der Waals surface area contributed by atoms with Gasteiger partial charge in [-0.15, -0.1) is 0 Å². The Morgan fingerprint density at radius 3 is 1.24 bits per heavy atom. The highest BCUT2D eigenvalue weighted by atomic mass is 14.7. The van der Waals surface area contributed by atoms with Crippen LogP contribution in [0.15, 0.2) is 0 Å². The predicted molar refractivity (Wildman–Crippen MR) is 160 cm³/mol. The molecule has 8 aliphatic rings. The van der Waals surface area contributed by atoms with Crippen LogP contribution in [-0.4, -0.2) is 0 Å². The second-order valence-electron chi connectivity index (χ2n) is 19.5. The first-order valence-corrected chi connectivity index (χ1v) is 17.9. The largest absolute Gasteiger partial charge is 0.0596 e. The standard InChI is InChI=1S/C38H62/c1-33(2)15-7-17-35(5)29(33)13-19-37-21-25(9-11-31(35)37)27(23-37)28-24-38-20-14-30-34(3,4)16-8-18-36(30,6)32(38)12-10-26(28)22-38/h25-32H,7-24H2,1-6H3/t25-,26+,27-,28-,29-,30-,31+,32+,35-,36-,37+,38+/m1/s1. The van der Waals surface area contributed by atoms with E-state index in [1.165, 1.54) is 25.7 Å². The first kappa shape index (κ1) is 25.7. The molecular weight excluding hydrogens is 456 g/mol. The first-order valence-electron chi connectivity index (χ1n) is 17.9. The molecular formula is C38H62. The summed E-state index contributed by atoms with van der Waals surface area (Å²) in [7, 11) is 0. The molecule has 0 amide bonds. The fraction of sp³-hybridized carbons (Fsp3) is 1.00. The highest BCUT2D eigenvalue weighted by Gasteiger charge is 2.68. The maximum Gasteiger partial charge on any atom is -0.0258 e. The number of hydrogen-bond donors (Lipinski definition) is 0. The molecule has 4 bridgehead atoms. The van der Waals surface area contributed by atoms with Gasteiger partial charge in [0, 0.05) is 0 Å². The molecule has 0 aromatic rings. The minimum atomic E-state index is 0.586. The van der Waals surface area contributed by atoms with Crippen molar-refractivity contribution >= 4 is 0 Å². The minimum absolute atomic E-state index is 0.586. The van der Waals surface area contributed by atoms with E-state index in [2.05, 4.69) is 41.5 Å². The van der Waals surface area contributed by atoms with E-state index in [4.69, 9.17) is 0 Å². The van der Waals surface area contributed by atoms with Gasteiger partial charge in [-0.2, -0.15) is 0 Å². The molecule has 0 saturated heterocycles. The van der Waals surface area contributed by atoms with Gasteiger partial charge in [-0.3, -0.25) is 0 Å². The van der Waals surface area contributed by atoms with Crippen LogP contribution in [0.5, 0.6) is 0 Å². The van der Waals surface area contributed by atoms with Crippen molar-refractivity contribution in [2.45, 2.75) is 157 Å². The number of fused-ring (bicyclic) bond motifs is 6. The molecule has 8 rings (SSSR count). The van der Waals surface area contributed by atoms with E-state index in [1.54, 1.807) is 89.9 Å². The second-order valence-corrected chi connectivity index (χ2v) is 19.5. The molecule has 12 atom stereocenters. The molecule has 0 aliphatic heterocycles. The topological polar surface area (TPSA) is 0 Å². The highest BCUT2D eigenvalue weighted by Crippen LogP contribution is 2.77. The quantitative estimate of drug-likeness (QED) is 0.324. The van der Waals surface area contributed by atoms with Crippen LogP contribution in [0.25, 0.3) is 0 Å². The van der Waals surface area contributed by atoms with Gasteiger partial charge in [0.1, 0.15) is 0 Å². The molecule has 0 radical (unpaired) electrons. The van der Waals surface area contributed by atoms with Crippen molar-refractivity contribution in [2.24, 2.45) is 79.8 Å². The van der Waals surface area contributed by atoms with Crippen molar-refractivity contribution in [1.29, 1.82) is 0 Å². The number of rotatable bonds is 1. The van der Waals surface area contributed by atoms with Crippen molar-refractivity contribution < 1.29 is 0 Å². The smallest absolute Gasteiger partial charge is 0.0258 e. The van der Waals surface area contributed by atoms with Crippen molar-refractivity contribution in [3.05, 3.63) is 0 Å². The molecule has 0 nitrogen and oxygen atoms in total. The molecule has 0 heterocycles. The molecule has 2 spiro atoms. The minimum Gasteiger partial charge on any atom is -0.0596 e. The van der Waals surface area contributed by atoms with Gasteiger partial charge in [0.2, 0.25) is 0 Å². The van der Waals surface area contributed by atoms with Crippen molar-refractivity contribution in [3.8, 4) is 0 Å². The molecule has 8 saturated carbocycles. The monoisotopic (exact) mass is 518 g/mol. The van der Waals surface area contributed by atoms with Gasteiger partial charge in [0.05, 0.1) is 0 Å². The lowest BCUT2D eigenvalue weighted by Gasteiger charge is -2.64. The number of hydrogen-bond acceptors (Lipinski definition) is 0. The Bertz CT molecular complexity index is 895. The van der Waals surface area contributed by atoms with E-state index < -0.39 is 0 Å². The van der Waals surface area contributed by atoms with Gasteiger partial charge < -0.3 is 0 Å². The van der Waals surface area contributed by atoms with E-state index in [1.807, 2.05) is 0 Å². The van der Waals surface area contributed by atoms with Gasteiger partial charge in [0.25, 0.3) is 0 Å². The lowest BCUT2D eigenvalue weighted by atomic mass is 9.41. The van der Waals surface area contributed by atoms with Gasteiger partial charge in [0.15, 0.2) is 0 Å². The van der Waals surface area contributed by atoms with Crippen LogP contribution in [0.1, 0.15) is 157 Å². The molecule has 8 aliphatic carbocycles. The van der Waals surface area contributed by atoms with Crippen LogP contribution in [0.4, 0.5) is 0 Å². The molecule has 214 valence electrons. The fourth-order valence-corrected chi connectivity index (χ4v) is 16.6. The fourth-order valence-electron chi connectivity index (χ4n) is 16.6. The molecule has 0 N–H and O–H groups in total. The molecule has 8 fully saturated rings. The summed E-state index contributed by atoms with van der Waals surface area (Å²) in [5.74, 6) is 8.51. The van der Waals surface area contributed by atoms with Crippen LogP contribution in [0.2, 0.25) is 0 Å². The maximum atomic E-state index is 2.81. The zero-order chi connectivity index (χ0) is 26.3. The zero-order valence-corrected chi connectivity index (χ0v) is 26.3. The highest BCUT2D eigenvalue weighted by molar-refractivity contribution is 5.18. The first-order chi connectivity index (χ1) is 17.9. The third-order valence-electron chi connectivity index (χ3n) is 17.5. The summed E-state index contributed by atoms with van der Waals surface area (Å²) in [6.45, 7) is 16.2. The second kappa shape index (κ2) is 7.88. The normalized spacial score (nSPS) is 59.8. The van der Waals surface area contributed by atoms with Crippen molar-refractivity contribution in [2.75, 3.05) is 0 Å². The van der Waals surface area contributed by atoms with E-state index in [9.17, 15) is 0 Å². The summed E-state index contributed by atoms with van der Waals surface area (Å²) in [5, 5.41) is 0. The summed E-state index contributed by atoms with van der Waals surface area (Å²) >= 11 is 0. The summed E-state index contributed by atoms with van der Waals surface area (Å²) < 4.78 is 0. The van der Waals surface area contributed by atoms with E-state index in [-0.39, 0.29) is 0 Å². The third-order valence-corrected chi connectivity index (χ3v) is 17.5. The molecule has 0 aromatic carbocycles. The lowest BCUT2D eigenvalue weighted by Crippen LogP contribution is -2.55. The Labute approximate surface area is 236 Å². The van der Waals surface area contributed by atoms with Gasteiger partial charge in [-0.25, -0.2) is 0 Å². The lowest BCUT2D eigenvalue weighted by molar-refractivity contribution is -0.145. The van der Waals surface area contributed by atoms with Crippen LogP contribution in [0, 0.1) is 79.8 Å². The average molecular weight is 519 g/mol. The van der Waals surface area contributed by atoms with E-state index in [0.717, 1.165) is 58.2 Å². The molecule has 0 aromatic heterocycles. The Hall–Kier alpha value is 0. The Morgan fingerprint density at radius 1 is 0.395 bits per heavy atom. The average Bonchev–Trinajstić information content (AvgIpc) is 3.26. The Morgan fingerprint density at radius 2 is 0.816 bits per heavy atom. The summed E-state index contributed by atoms with van der Waals surface area (Å²) in [6, 6.07) is 0. The zero-order valence-electron chi connectivity index (χ0n) is 26.3. The SMILES string of the molecule is CC1(C)CCC[C@]2(C)[C@@H]1CC[C@@]13C[C@@H](CC[C@H]12)[C@H]([C@@H]1C[C@@]24CC[C@@H]5C(C)(C)CCC[C@@]5(C)[C@@H]2CC[C@H]1C4)C3. The summed E-state index contributed by atoms with van der Waals surface area (Å²) in [6.07, 6.45) is 28.5. The van der Waals surface area contributed by atoms with Crippen LogP contribution >= 0.6 is 0 Å². The molecule has 38 heavy (non-hydrogen) atoms. The molecule has 0 heteroatoms. The van der Waals surface area contributed by atoms with Crippen molar-refractivity contribution in [3.63, 3.8) is 0 Å². The van der Waals surface area contributed by atoms with Crippen LogP contribution < -0.4 is 0 Å². The predicted octanol–water partition coefficient (Wildman–Crippen LogP) is 11.1. The van der Waals surface area contributed by atoms with Crippen molar-refractivity contribution in [1.82, 2.24) is 0 Å². The van der Waals surface area contributed by atoms with Gasteiger partial charge >= 0.3 is 0 Å². The van der Waals surface area contributed by atoms with Crippen LogP contribution in [0.3, 0.4) is 0 Å². The van der Waals surface area contributed by atoms with Gasteiger partial charge in [-0.05, 0) is 183 Å². The van der Waals surface area contributed by atoms with Gasteiger partial charge in [-0.1, -0.05) is 54.4 Å². The van der Waals surface area contributed by atoms with E-state index in [0.29, 0.717) is 21.7 Å². The van der Waals surface area contributed by atoms with E-state index >= 15 is 0 Å². The third kappa shape index (κ3) is 3.17. The molecule has 0 unspecified atom stereocenters.